The van der Waals surface area contributed by atoms with Gasteiger partial charge in [0, 0.05) is 12.2 Å². The Morgan fingerprint density at radius 1 is 1.42 bits per heavy atom. The number of carbonyl (C=O) groups is 2. The van der Waals surface area contributed by atoms with Gasteiger partial charge in [0.2, 0.25) is 6.41 Å². The molecule has 0 unspecified atom stereocenters. The topological polar surface area (TPSA) is 58.6 Å². The molecule has 0 radical (unpaired) electrons. The molecule has 1 aromatic carbocycles. The van der Waals surface area contributed by atoms with Gasteiger partial charge in [-0.3, -0.25) is 9.69 Å². The van der Waals surface area contributed by atoms with Crippen LogP contribution < -0.4 is 10.2 Å². The van der Waals surface area contributed by atoms with E-state index in [9.17, 15) is 9.59 Å². The van der Waals surface area contributed by atoms with Gasteiger partial charge in [0.15, 0.2) is 0 Å². The second-order valence-corrected chi connectivity index (χ2v) is 5.49. The molecule has 2 rings (SSSR count). The van der Waals surface area contributed by atoms with Crippen molar-refractivity contribution < 1.29 is 14.3 Å². The lowest BCUT2D eigenvalue weighted by Gasteiger charge is -2.25. The summed E-state index contributed by atoms with van der Waals surface area (Å²) >= 11 is 0. The van der Waals surface area contributed by atoms with Gasteiger partial charge in [-0.25, -0.2) is 4.79 Å². The molecule has 0 atom stereocenters. The monoisotopic (exact) mass is 262 g/mol. The van der Waals surface area contributed by atoms with Gasteiger partial charge in [-0.2, -0.15) is 0 Å². The highest BCUT2D eigenvalue weighted by molar-refractivity contribution is 5.92. The molecule has 1 heterocycles. The number of anilines is 2. The first-order valence-electron chi connectivity index (χ1n) is 6.24. The van der Waals surface area contributed by atoms with Gasteiger partial charge in [-0.15, -0.1) is 0 Å². The van der Waals surface area contributed by atoms with Crippen LogP contribution in [0.4, 0.5) is 16.2 Å². The Kier molecular flexibility index (Phi) is 3.46. The highest BCUT2D eigenvalue weighted by Crippen LogP contribution is 2.31. The summed E-state index contributed by atoms with van der Waals surface area (Å²) in [6.45, 7) is 6.12. The van der Waals surface area contributed by atoms with Crippen molar-refractivity contribution in [3.8, 4) is 0 Å². The Bertz CT molecular complexity index is 506. The zero-order valence-corrected chi connectivity index (χ0v) is 11.4. The van der Waals surface area contributed by atoms with Crippen molar-refractivity contribution in [2.45, 2.75) is 32.8 Å². The van der Waals surface area contributed by atoms with Crippen LogP contribution in [0.2, 0.25) is 0 Å². The number of hydrogen-bond acceptors (Lipinski definition) is 3. The minimum atomic E-state index is -0.515. The first-order valence-corrected chi connectivity index (χ1v) is 6.24. The zero-order valence-electron chi connectivity index (χ0n) is 11.4. The molecule has 0 saturated heterocycles. The number of benzene rings is 1. The largest absolute Gasteiger partial charge is 0.443 e. The van der Waals surface area contributed by atoms with Crippen molar-refractivity contribution in [2.75, 3.05) is 16.8 Å². The minimum Gasteiger partial charge on any atom is -0.443 e. The van der Waals surface area contributed by atoms with Gasteiger partial charge < -0.3 is 10.1 Å². The number of nitrogens with zero attached hydrogens (tertiary/aromatic N) is 1. The van der Waals surface area contributed by atoms with Crippen molar-refractivity contribution in [3.63, 3.8) is 0 Å². The van der Waals surface area contributed by atoms with Crippen LogP contribution in [0, 0.1) is 0 Å². The summed E-state index contributed by atoms with van der Waals surface area (Å²) in [4.78, 5) is 24.2. The molecule has 1 aliphatic heterocycles. The molecule has 2 amide bonds. The van der Waals surface area contributed by atoms with E-state index >= 15 is 0 Å². The molecule has 0 aliphatic carbocycles. The maximum Gasteiger partial charge on any atom is 0.414 e. The van der Waals surface area contributed by atoms with Crippen LogP contribution in [0.5, 0.6) is 0 Å². The van der Waals surface area contributed by atoms with E-state index in [1.165, 1.54) is 0 Å². The summed E-state index contributed by atoms with van der Waals surface area (Å²) < 4.78 is 5.38. The Morgan fingerprint density at radius 2 is 2.16 bits per heavy atom. The van der Waals surface area contributed by atoms with E-state index in [0.717, 1.165) is 17.7 Å². The fourth-order valence-electron chi connectivity index (χ4n) is 2.04. The molecule has 0 fully saturated rings. The Balaban J connectivity index is 2.22. The molecular formula is C14H18N2O3. The molecule has 5 nitrogen and oxygen atoms in total. The first kappa shape index (κ1) is 13.4. The Labute approximate surface area is 112 Å². The van der Waals surface area contributed by atoms with Gasteiger partial charge in [-0.1, -0.05) is 6.07 Å². The van der Waals surface area contributed by atoms with E-state index in [2.05, 4.69) is 5.32 Å². The van der Waals surface area contributed by atoms with E-state index in [-0.39, 0.29) is 6.09 Å². The Morgan fingerprint density at radius 3 is 2.79 bits per heavy atom. The van der Waals surface area contributed by atoms with Crippen LogP contribution >= 0.6 is 0 Å². The molecular weight excluding hydrogens is 244 g/mol. The predicted octanol–water partition coefficient (Wildman–Crippen LogP) is 2.55. The van der Waals surface area contributed by atoms with Crippen LogP contribution in [-0.2, 0) is 16.0 Å². The van der Waals surface area contributed by atoms with E-state index < -0.39 is 5.60 Å². The average Bonchev–Trinajstić information content (AvgIpc) is 2.70. The van der Waals surface area contributed by atoms with Crippen molar-refractivity contribution >= 4 is 23.9 Å². The average molecular weight is 262 g/mol. The third kappa shape index (κ3) is 3.05. The number of nitrogens with one attached hydrogen (secondary N) is 1. The lowest BCUT2D eigenvalue weighted by atomic mass is 10.1. The maximum atomic E-state index is 12.1. The summed E-state index contributed by atoms with van der Waals surface area (Å²) in [5, 5.41) is 2.59. The van der Waals surface area contributed by atoms with Crippen molar-refractivity contribution in [1.29, 1.82) is 0 Å². The van der Waals surface area contributed by atoms with Crippen molar-refractivity contribution in [1.82, 2.24) is 0 Å². The second-order valence-electron chi connectivity index (χ2n) is 5.49. The molecule has 0 bridgehead atoms. The van der Waals surface area contributed by atoms with Gasteiger partial charge in [0.25, 0.3) is 0 Å². The number of rotatable bonds is 2. The molecule has 102 valence electrons. The zero-order chi connectivity index (χ0) is 14.0. The molecule has 0 aromatic heterocycles. The number of ether oxygens (including phenoxy) is 1. The van der Waals surface area contributed by atoms with Crippen LogP contribution in [0.3, 0.4) is 0 Å². The summed E-state index contributed by atoms with van der Waals surface area (Å²) in [6, 6.07) is 5.54. The normalized spacial score (nSPS) is 13.9. The summed E-state index contributed by atoms with van der Waals surface area (Å²) in [7, 11) is 0. The lowest BCUT2D eigenvalue weighted by Crippen LogP contribution is -2.35. The lowest BCUT2D eigenvalue weighted by molar-refractivity contribution is -0.105. The highest BCUT2D eigenvalue weighted by atomic mass is 16.6. The minimum absolute atomic E-state index is 0.352. The number of amides is 2. The van der Waals surface area contributed by atoms with Crippen LogP contribution in [-0.4, -0.2) is 24.6 Å². The van der Waals surface area contributed by atoms with Gasteiger partial charge in [-0.05, 0) is 44.9 Å². The molecule has 19 heavy (non-hydrogen) atoms. The molecule has 1 aliphatic rings. The third-order valence-electron chi connectivity index (χ3n) is 2.82. The smallest absolute Gasteiger partial charge is 0.414 e. The third-order valence-corrected chi connectivity index (χ3v) is 2.82. The van der Waals surface area contributed by atoms with Gasteiger partial charge >= 0.3 is 6.09 Å². The van der Waals surface area contributed by atoms with Gasteiger partial charge in [0.05, 0.1) is 5.69 Å². The van der Waals surface area contributed by atoms with E-state index in [4.69, 9.17) is 4.74 Å². The van der Waals surface area contributed by atoms with Crippen LogP contribution in [0.25, 0.3) is 0 Å². The number of hydrogen-bond donors (Lipinski definition) is 1. The maximum absolute atomic E-state index is 12.1. The fourth-order valence-corrected chi connectivity index (χ4v) is 2.04. The molecule has 0 saturated carbocycles. The molecule has 1 N–H and O–H groups in total. The van der Waals surface area contributed by atoms with Crippen LogP contribution in [0.15, 0.2) is 18.2 Å². The van der Waals surface area contributed by atoms with E-state index in [0.29, 0.717) is 18.6 Å². The SMILES string of the molecule is CC(C)(C)OC(=O)N1CCc2ccc(NC=O)cc21. The standard InChI is InChI=1S/C14H18N2O3/c1-14(2,3)19-13(18)16-7-6-10-4-5-11(15-9-17)8-12(10)16/h4-5,8-9H,6-7H2,1-3H3,(H,15,17). The number of fused-ring (bicyclic) bond motifs is 1. The summed E-state index contributed by atoms with van der Waals surface area (Å²) in [5.41, 5.74) is 2.05. The number of carbonyl (C=O) groups excluding carboxylic acids is 2. The predicted molar refractivity (Wildman–Crippen MR) is 73.4 cm³/mol. The quantitative estimate of drug-likeness (QED) is 0.833. The first-order chi connectivity index (χ1) is 8.90. The molecule has 0 spiro atoms. The van der Waals surface area contributed by atoms with Crippen molar-refractivity contribution in [2.24, 2.45) is 0 Å². The highest BCUT2D eigenvalue weighted by Gasteiger charge is 2.28. The Hall–Kier alpha value is -2.04. The van der Waals surface area contributed by atoms with E-state index in [1.807, 2.05) is 32.9 Å². The second kappa shape index (κ2) is 4.91. The molecule has 5 heteroatoms. The summed E-state index contributed by atoms with van der Waals surface area (Å²) in [5.74, 6) is 0. The van der Waals surface area contributed by atoms with Gasteiger partial charge in [0.1, 0.15) is 5.60 Å². The van der Waals surface area contributed by atoms with Crippen LogP contribution in [0.1, 0.15) is 26.3 Å². The van der Waals surface area contributed by atoms with E-state index in [1.54, 1.807) is 11.0 Å². The summed E-state index contributed by atoms with van der Waals surface area (Å²) in [6.07, 6.45) is 1.07. The fraction of sp³-hybridized carbons (Fsp3) is 0.429. The molecule has 1 aromatic rings. The van der Waals surface area contributed by atoms with Crippen molar-refractivity contribution in [3.05, 3.63) is 23.8 Å².